The van der Waals surface area contributed by atoms with E-state index in [1.807, 2.05) is 36.4 Å². The van der Waals surface area contributed by atoms with Gasteiger partial charge in [-0.05, 0) is 12.1 Å². The molecule has 0 aliphatic carbocycles. The summed E-state index contributed by atoms with van der Waals surface area (Å²) in [6.45, 7) is 0. The van der Waals surface area contributed by atoms with Crippen LogP contribution in [0.3, 0.4) is 0 Å². The second-order valence-electron chi connectivity index (χ2n) is 2.40. The van der Waals surface area contributed by atoms with E-state index in [4.69, 9.17) is 5.26 Å². The molecule has 3 nitrogen and oxygen atoms in total. The van der Waals surface area contributed by atoms with Gasteiger partial charge < -0.3 is 0 Å². The van der Waals surface area contributed by atoms with Crippen LogP contribution in [0, 0.1) is 11.3 Å². The molecule has 2 rings (SSSR count). The lowest BCUT2D eigenvalue weighted by Gasteiger charge is -1.93. The van der Waals surface area contributed by atoms with Crippen LogP contribution in [0.5, 0.6) is 0 Å². The molecule has 0 atom stereocenters. The number of benzene rings is 1. The van der Waals surface area contributed by atoms with E-state index < -0.39 is 0 Å². The molecular weight excluding hydrogens is 214 g/mol. The zero-order valence-corrected chi connectivity index (χ0v) is 8.68. The van der Waals surface area contributed by atoms with Crippen molar-refractivity contribution in [2.24, 2.45) is 0 Å². The molecule has 0 amide bonds. The summed E-state index contributed by atoms with van der Waals surface area (Å²) in [5.74, 6) is 0. The van der Waals surface area contributed by atoms with Gasteiger partial charge in [0.1, 0.15) is 6.07 Å². The van der Waals surface area contributed by atoms with E-state index in [1.54, 1.807) is 0 Å². The third kappa shape index (κ3) is 2.10. The van der Waals surface area contributed by atoms with Crippen LogP contribution in [0.4, 0.5) is 0 Å². The van der Waals surface area contributed by atoms with Crippen molar-refractivity contribution in [1.82, 2.24) is 10.2 Å². The molecule has 1 heterocycles. The molecule has 0 bridgehead atoms. The average molecular weight is 219 g/mol. The molecule has 0 saturated carbocycles. The average Bonchev–Trinajstić information content (AvgIpc) is 2.67. The van der Waals surface area contributed by atoms with Crippen LogP contribution in [0.1, 0.15) is 5.01 Å². The second kappa shape index (κ2) is 4.22. The van der Waals surface area contributed by atoms with E-state index in [1.165, 1.54) is 23.1 Å². The van der Waals surface area contributed by atoms with Crippen molar-refractivity contribution in [2.45, 2.75) is 9.24 Å². The highest BCUT2D eigenvalue weighted by molar-refractivity contribution is 8.01. The van der Waals surface area contributed by atoms with Crippen molar-refractivity contribution in [3.05, 3.63) is 35.3 Å². The van der Waals surface area contributed by atoms with Crippen LogP contribution in [0.15, 0.2) is 39.6 Å². The monoisotopic (exact) mass is 219 g/mol. The first-order valence-electron chi connectivity index (χ1n) is 3.85. The molecule has 68 valence electrons. The van der Waals surface area contributed by atoms with Crippen molar-refractivity contribution in [2.75, 3.05) is 0 Å². The fraction of sp³-hybridized carbons (Fsp3) is 0. The van der Waals surface area contributed by atoms with E-state index in [0.29, 0.717) is 5.01 Å². The molecule has 0 aliphatic heterocycles. The summed E-state index contributed by atoms with van der Waals surface area (Å²) in [7, 11) is 0. The third-order valence-electron chi connectivity index (χ3n) is 1.45. The lowest BCUT2D eigenvalue weighted by molar-refractivity contribution is 0.999. The Labute approximate surface area is 89.4 Å². The highest BCUT2D eigenvalue weighted by Crippen LogP contribution is 2.29. The third-order valence-corrected chi connectivity index (χ3v) is 3.34. The highest BCUT2D eigenvalue weighted by Gasteiger charge is 2.04. The molecule has 5 heteroatoms. The molecule has 0 spiro atoms. The van der Waals surface area contributed by atoms with Gasteiger partial charge in [0.2, 0.25) is 5.01 Å². The first-order chi connectivity index (χ1) is 6.88. The zero-order chi connectivity index (χ0) is 9.80. The minimum atomic E-state index is 0.406. The minimum Gasteiger partial charge on any atom is -0.190 e. The first kappa shape index (κ1) is 9.19. The summed E-state index contributed by atoms with van der Waals surface area (Å²) in [5, 5.41) is 16.6. The minimum absolute atomic E-state index is 0.406. The van der Waals surface area contributed by atoms with Gasteiger partial charge >= 0.3 is 0 Å². The van der Waals surface area contributed by atoms with Gasteiger partial charge in [-0.3, -0.25) is 0 Å². The van der Waals surface area contributed by atoms with Gasteiger partial charge in [-0.2, -0.15) is 5.26 Å². The predicted octanol–water partition coefficient (Wildman–Crippen LogP) is 2.56. The lowest BCUT2D eigenvalue weighted by atomic mass is 10.4. The van der Waals surface area contributed by atoms with Crippen LogP contribution < -0.4 is 0 Å². The summed E-state index contributed by atoms with van der Waals surface area (Å²) in [5.41, 5.74) is 0. The Morgan fingerprint density at radius 2 is 2.00 bits per heavy atom. The molecule has 0 aliphatic rings. The maximum atomic E-state index is 8.57. The van der Waals surface area contributed by atoms with Crippen molar-refractivity contribution >= 4 is 23.1 Å². The van der Waals surface area contributed by atoms with E-state index in [9.17, 15) is 0 Å². The number of hydrogen-bond donors (Lipinski definition) is 0. The van der Waals surface area contributed by atoms with Crippen molar-refractivity contribution in [3.63, 3.8) is 0 Å². The van der Waals surface area contributed by atoms with E-state index in [-0.39, 0.29) is 0 Å². The Kier molecular flexibility index (Phi) is 2.77. The zero-order valence-electron chi connectivity index (χ0n) is 7.04. The first-order valence-corrected chi connectivity index (χ1v) is 5.48. The summed E-state index contributed by atoms with van der Waals surface area (Å²) in [6, 6.07) is 11.9. The molecule has 1 aromatic heterocycles. The van der Waals surface area contributed by atoms with Crippen molar-refractivity contribution < 1.29 is 0 Å². The standard InChI is InChI=1S/C9H5N3S2/c10-6-8-11-12-9(14-8)13-7-4-2-1-3-5-7/h1-5H. The molecule has 0 N–H and O–H groups in total. The number of nitrogens with zero attached hydrogens (tertiary/aromatic N) is 3. The van der Waals surface area contributed by atoms with E-state index in [0.717, 1.165) is 9.24 Å². The second-order valence-corrected chi connectivity index (χ2v) is 4.70. The van der Waals surface area contributed by atoms with Crippen LogP contribution in [0.2, 0.25) is 0 Å². The number of hydrogen-bond acceptors (Lipinski definition) is 5. The summed E-state index contributed by atoms with van der Waals surface area (Å²) < 4.78 is 0.799. The fourth-order valence-electron chi connectivity index (χ4n) is 0.886. The Bertz CT molecular complexity index is 458. The van der Waals surface area contributed by atoms with Crippen LogP contribution in [0.25, 0.3) is 0 Å². The van der Waals surface area contributed by atoms with E-state index in [2.05, 4.69) is 10.2 Å². The summed E-state index contributed by atoms with van der Waals surface area (Å²) >= 11 is 2.82. The van der Waals surface area contributed by atoms with Gasteiger partial charge in [0, 0.05) is 4.90 Å². The van der Waals surface area contributed by atoms with Crippen molar-refractivity contribution in [1.29, 1.82) is 5.26 Å². The van der Waals surface area contributed by atoms with E-state index >= 15 is 0 Å². The summed E-state index contributed by atoms with van der Waals surface area (Å²) in [4.78, 5) is 1.10. The normalized spacial score (nSPS) is 9.64. The van der Waals surface area contributed by atoms with Gasteiger partial charge in [-0.1, -0.05) is 41.3 Å². The smallest absolute Gasteiger partial charge is 0.190 e. The molecule has 0 unspecified atom stereocenters. The predicted molar refractivity (Wildman–Crippen MR) is 55.2 cm³/mol. The quantitative estimate of drug-likeness (QED) is 0.778. The molecule has 1 aromatic carbocycles. The lowest BCUT2D eigenvalue weighted by Crippen LogP contribution is -1.72. The van der Waals surface area contributed by atoms with Gasteiger partial charge in [0.25, 0.3) is 0 Å². The molecule has 0 radical (unpaired) electrons. The Hall–Kier alpha value is -1.38. The van der Waals surface area contributed by atoms with Gasteiger partial charge in [-0.25, -0.2) is 0 Å². The maximum absolute atomic E-state index is 8.57. The van der Waals surface area contributed by atoms with Gasteiger partial charge in [0.05, 0.1) is 0 Å². The Balaban J connectivity index is 2.16. The molecule has 0 fully saturated rings. The maximum Gasteiger partial charge on any atom is 0.218 e. The topological polar surface area (TPSA) is 49.6 Å². The van der Waals surface area contributed by atoms with Crippen LogP contribution in [-0.2, 0) is 0 Å². The number of nitriles is 1. The largest absolute Gasteiger partial charge is 0.218 e. The Morgan fingerprint density at radius 3 is 2.64 bits per heavy atom. The van der Waals surface area contributed by atoms with Crippen molar-refractivity contribution in [3.8, 4) is 6.07 Å². The molecular formula is C9H5N3S2. The van der Waals surface area contributed by atoms with Gasteiger partial charge in [-0.15, -0.1) is 10.2 Å². The molecule has 14 heavy (non-hydrogen) atoms. The van der Waals surface area contributed by atoms with Crippen LogP contribution >= 0.6 is 23.1 Å². The molecule has 2 aromatic rings. The van der Waals surface area contributed by atoms with Crippen LogP contribution in [-0.4, -0.2) is 10.2 Å². The number of rotatable bonds is 2. The Morgan fingerprint density at radius 1 is 1.21 bits per heavy atom. The number of aromatic nitrogens is 2. The fourth-order valence-corrected chi connectivity index (χ4v) is 2.53. The highest BCUT2D eigenvalue weighted by atomic mass is 32.2. The summed E-state index contributed by atoms with van der Waals surface area (Å²) in [6.07, 6.45) is 0. The van der Waals surface area contributed by atoms with Gasteiger partial charge in [0.15, 0.2) is 4.34 Å². The SMILES string of the molecule is N#Cc1nnc(Sc2ccccc2)s1. The molecule has 0 saturated heterocycles.